The molecule has 3 rings (SSSR count). The summed E-state index contributed by atoms with van der Waals surface area (Å²) in [6.07, 6.45) is 0. The number of aliphatic carboxylic acids is 1. The predicted octanol–water partition coefficient (Wildman–Crippen LogP) is 2.78. The Morgan fingerprint density at radius 1 is 1.48 bits per heavy atom. The fraction of sp³-hybridized carbons (Fsp3) is 0.308. The maximum atomic E-state index is 12.6. The molecule has 1 fully saturated rings. The zero-order valence-electron chi connectivity index (χ0n) is 11.1. The summed E-state index contributed by atoms with van der Waals surface area (Å²) in [5.74, 6) is -0.325. The van der Waals surface area contributed by atoms with Crippen molar-refractivity contribution in [3.8, 4) is 10.6 Å². The molecule has 0 aromatic carbocycles. The maximum Gasteiger partial charge on any atom is 0.327 e. The monoisotopic (exact) mass is 340 g/mol. The van der Waals surface area contributed by atoms with Crippen LogP contribution in [0.1, 0.15) is 15.4 Å². The van der Waals surface area contributed by atoms with E-state index in [1.54, 1.807) is 18.3 Å². The van der Waals surface area contributed by atoms with Gasteiger partial charge in [0.15, 0.2) is 0 Å². The highest BCUT2D eigenvalue weighted by molar-refractivity contribution is 7.99. The predicted molar refractivity (Wildman–Crippen MR) is 85.1 cm³/mol. The lowest BCUT2D eigenvalue weighted by Gasteiger charge is -2.19. The van der Waals surface area contributed by atoms with Crippen LogP contribution in [0.3, 0.4) is 0 Å². The number of carboxylic acids is 1. The number of carbonyl (C=O) groups is 2. The van der Waals surface area contributed by atoms with Gasteiger partial charge in [-0.2, -0.15) is 11.3 Å². The number of carboxylic acid groups (broad SMARTS) is 1. The van der Waals surface area contributed by atoms with Crippen molar-refractivity contribution in [1.82, 2.24) is 9.88 Å². The number of hydrogen-bond acceptors (Lipinski definition) is 6. The number of rotatable bonds is 3. The van der Waals surface area contributed by atoms with E-state index < -0.39 is 12.0 Å². The van der Waals surface area contributed by atoms with Crippen LogP contribution >= 0.6 is 34.4 Å². The summed E-state index contributed by atoms with van der Waals surface area (Å²) in [5, 5.41) is 13.9. The van der Waals surface area contributed by atoms with E-state index in [0.29, 0.717) is 22.2 Å². The highest BCUT2D eigenvalue weighted by Crippen LogP contribution is 2.32. The molecular formula is C13H12N2O3S3. The van der Waals surface area contributed by atoms with Crippen LogP contribution in [0.4, 0.5) is 0 Å². The van der Waals surface area contributed by atoms with Gasteiger partial charge in [0.2, 0.25) is 0 Å². The van der Waals surface area contributed by atoms with Gasteiger partial charge in [0.1, 0.15) is 15.9 Å². The van der Waals surface area contributed by atoms with E-state index >= 15 is 0 Å². The minimum Gasteiger partial charge on any atom is -0.480 e. The van der Waals surface area contributed by atoms with Gasteiger partial charge < -0.3 is 10.0 Å². The lowest BCUT2D eigenvalue weighted by molar-refractivity contribution is -0.140. The van der Waals surface area contributed by atoms with Crippen molar-refractivity contribution in [2.75, 3.05) is 11.6 Å². The molecule has 0 aliphatic carbocycles. The van der Waals surface area contributed by atoms with E-state index in [1.165, 1.54) is 28.0 Å². The standard InChI is InChI=1S/C13H12N2O3S3/c1-7-10(21-11(14-7)8-2-3-19-4-8)12(16)15-6-20-5-9(15)13(17)18/h2-4,9H,5-6H2,1H3,(H,17,18). The molecule has 21 heavy (non-hydrogen) atoms. The van der Waals surface area contributed by atoms with Gasteiger partial charge in [-0.05, 0) is 18.4 Å². The first kappa shape index (κ1) is 14.6. The lowest BCUT2D eigenvalue weighted by atomic mass is 10.2. The molecule has 2 aromatic rings. The summed E-state index contributed by atoms with van der Waals surface area (Å²) < 4.78 is 0. The number of thioether (sulfide) groups is 1. The van der Waals surface area contributed by atoms with Crippen molar-refractivity contribution >= 4 is 46.3 Å². The molecule has 1 N–H and O–H groups in total. The first-order valence-electron chi connectivity index (χ1n) is 6.19. The largest absolute Gasteiger partial charge is 0.480 e. The number of thiazole rings is 1. The Morgan fingerprint density at radius 2 is 2.29 bits per heavy atom. The summed E-state index contributed by atoms with van der Waals surface area (Å²) in [6, 6.07) is 1.22. The quantitative estimate of drug-likeness (QED) is 0.930. The summed E-state index contributed by atoms with van der Waals surface area (Å²) in [5.41, 5.74) is 1.66. The molecular weight excluding hydrogens is 328 g/mol. The second-order valence-electron chi connectivity index (χ2n) is 4.57. The average molecular weight is 340 g/mol. The minimum atomic E-state index is -0.950. The van der Waals surface area contributed by atoms with Crippen molar-refractivity contribution in [3.63, 3.8) is 0 Å². The van der Waals surface area contributed by atoms with Crippen LogP contribution in [0.5, 0.6) is 0 Å². The Kier molecular flexibility index (Phi) is 4.01. The van der Waals surface area contributed by atoms with Gasteiger partial charge in [-0.25, -0.2) is 9.78 Å². The fourth-order valence-electron chi connectivity index (χ4n) is 2.08. The first-order chi connectivity index (χ1) is 10.1. The van der Waals surface area contributed by atoms with Gasteiger partial charge in [0.25, 0.3) is 5.91 Å². The van der Waals surface area contributed by atoms with Gasteiger partial charge in [-0.1, -0.05) is 0 Å². The van der Waals surface area contributed by atoms with Crippen LogP contribution in [-0.4, -0.2) is 44.5 Å². The molecule has 1 atom stereocenters. The molecule has 1 unspecified atom stereocenters. The molecule has 1 amide bonds. The number of aromatic nitrogens is 1. The molecule has 110 valence electrons. The van der Waals surface area contributed by atoms with Gasteiger partial charge in [0.05, 0.1) is 11.6 Å². The van der Waals surface area contributed by atoms with E-state index in [2.05, 4.69) is 4.98 Å². The Labute approximate surface area is 133 Å². The van der Waals surface area contributed by atoms with E-state index in [4.69, 9.17) is 0 Å². The number of thiophene rings is 1. The van der Waals surface area contributed by atoms with Crippen molar-refractivity contribution in [2.24, 2.45) is 0 Å². The second-order valence-corrected chi connectivity index (χ2v) is 7.35. The molecule has 5 nitrogen and oxygen atoms in total. The number of carbonyl (C=O) groups excluding carboxylic acids is 1. The molecule has 0 saturated carbocycles. The van der Waals surface area contributed by atoms with Crippen LogP contribution in [0.25, 0.3) is 10.6 Å². The molecule has 8 heteroatoms. The van der Waals surface area contributed by atoms with E-state index in [0.717, 1.165) is 10.6 Å². The molecule has 0 spiro atoms. The zero-order chi connectivity index (χ0) is 15.0. The molecule has 1 aliphatic rings. The van der Waals surface area contributed by atoms with Crippen molar-refractivity contribution in [1.29, 1.82) is 0 Å². The third-order valence-corrected chi connectivity index (χ3v) is 6.08. The number of amides is 1. The molecule has 0 radical (unpaired) electrons. The van der Waals surface area contributed by atoms with Gasteiger partial charge in [-0.3, -0.25) is 4.79 Å². The highest BCUT2D eigenvalue weighted by atomic mass is 32.2. The van der Waals surface area contributed by atoms with Crippen molar-refractivity contribution < 1.29 is 14.7 Å². The summed E-state index contributed by atoms with van der Waals surface area (Å²) in [7, 11) is 0. The van der Waals surface area contributed by atoms with Crippen LogP contribution < -0.4 is 0 Å². The van der Waals surface area contributed by atoms with Crippen LogP contribution in [0.2, 0.25) is 0 Å². The highest BCUT2D eigenvalue weighted by Gasteiger charge is 2.36. The van der Waals surface area contributed by atoms with E-state index in [1.807, 2.05) is 16.8 Å². The third kappa shape index (κ3) is 2.70. The normalized spacial score (nSPS) is 18.1. The minimum absolute atomic E-state index is 0.233. The summed E-state index contributed by atoms with van der Waals surface area (Å²) >= 11 is 4.37. The smallest absolute Gasteiger partial charge is 0.327 e. The van der Waals surface area contributed by atoms with Gasteiger partial charge >= 0.3 is 5.97 Å². The molecule has 3 heterocycles. The Hall–Kier alpha value is -1.38. The van der Waals surface area contributed by atoms with E-state index in [9.17, 15) is 14.7 Å². The lowest BCUT2D eigenvalue weighted by Crippen LogP contribution is -2.41. The number of hydrogen-bond donors (Lipinski definition) is 1. The topological polar surface area (TPSA) is 70.5 Å². The molecule has 1 saturated heterocycles. The van der Waals surface area contributed by atoms with Crippen molar-refractivity contribution in [3.05, 3.63) is 27.4 Å². The molecule has 1 aliphatic heterocycles. The number of nitrogens with zero attached hydrogens (tertiary/aromatic N) is 2. The van der Waals surface area contributed by atoms with Gasteiger partial charge in [0, 0.05) is 16.7 Å². The average Bonchev–Trinajstić information content (AvgIpc) is 3.18. The Bertz CT molecular complexity index is 681. The fourth-order valence-corrected chi connectivity index (χ4v) is 4.96. The molecule has 2 aromatic heterocycles. The third-order valence-electron chi connectivity index (χ3n) is 3.19. The van der Waals surface area contributed by atoms with Gasteiger partial charge in [-0.15, -0.1) is 23.1 Å². The first-order valence-corrected chi connectivity index (χ1v) is 9.11. The summed E-state index contributed by atoms with van der Waals surface area (Å²) in [6.45, 7) is 1.79. The van der Waals surface area contributed by atoms with E-state index in [-0.39, 0.29) is 5.91 Å². The van der Waals surface area contributed by atoms with Crippen molar-refractivity contribution in [2.45, 2.75) is 13.0 Å². The SMILES string of the molecule is Cc1nc(-c2ccsc2)sc1C(=O)N1CSCC1C(=O)O. The van der Waals surface area contributed by atoms with Crippen LogP contribution in [-0.2, 0) is 4.79 Å². The zero-order valence-corrected chi connectivity index (χ0v) is 13.6. The van der Waals surface area contributed by atoms with Crippen LogP contribution in [0.15, 0.2) is 16.8 Å². The molecule has 0 bridgehead atoms. The Balaban J connectivity index is 1.90. The maximum absolute atomic E-state index is 12.6. The summed E-state index contributed by atoms with van der Waals surface area (Å²) in [4.78, 5) is 30.2. The van der Waals surface area contributed by atoms with Crippen LogP contribution in [0, 0.1) is 6.92 Å². The second kappa shape index (κ2) is 5.78. The Morgan fingerprint density at radius 3 is 2.95 bits per heavy atom. The number of aryl methyl sites for hydroxylation is 1.